The summed E-state index contributed by atoms with van der Waals surface area (Å²) in [6.45, 7) is 5.85. The number of carbonyl (C=O) groups excluding carboxylic acids is 1. The molecule has 0 spiro atoms. The van der Waals surface area contributed by atoms with Gasteiger partial charge in [-0.1, -0.05) is 0 Å². The molecule has 1 amide bonds. The van der Waals surface area contributed by atoms with Gasteiger partial charge in [-0.2, -0.15) is 0 Å². The molecule has 3 rings (SSSR count). The van der Waals surface area contributed by atoms with Crippen LogP contribution in [0.5, 0.6) is 0 Å². The third kappa shape index (κ3) is 3.72. The summed E-state index contributed by atoms with van der Waals surface area (Å²) in [5.41, 5.74) is 0.188. The van der Waals surface area contributed by atoms with Crippen molar-refractivity contribution in [2.75, 3.05) is 6.54 Å². The molecule has 0 saturated heterocycles. The lowest BCUT2D eigenvalue weighted by Gasteiger charge is -2.20. The average Bonchev–Trinajstić information content (AvgIpc) is 2.86. The number of benzene rings is 1. The van der Waals surface area contributed by atoms with Crippen LogP contribution in [0.15, 0.2) is 27.2 Å². The summed E-state index contributed by atoms with van der Waals surface area (Å²) in [7, 11) is 0. The number of thioether (sulfide) groups is 1. The van der Waals surface area contributed by atoms with Gasteiger partial charge in [-0.3, -0.25) is 4.79 Å². The molecular formula is C17H18FNO3S2. The van der Waals surface area contributed by atoms with Crippen molar-refractivity contribution in [3.63, 3.8) is 0 Å². The van der Waals surface area contributed by atoms with Crippen LogP contribution >= 0.6 is 23.1 Å². The van der Waals surface area contributed by atoms with Gasteiger partial charge in [0.15, 0.2) is 5.43 Å². The van der Waals surface area contributed by atoms with E-state index in [0.29, 0.717) is 23.1 Å². The SMILES string of the molecule is CC(C)(C)OC(=O)NCC1Cc2c(sc3cc(F)ccc3c2=O)S1. The zero-order valence-electron chi connectivity index (χ0n) is 13.6. The van der Waals surface area contributed by atoms with E-state index in [-0.39, 0.29) is 16.5 Å². The molecule has 0 fully saturated rings. The van der Waals surface area contributed by atoms with Crippen LogP contribution in [0, 0.1) is 5.82 Å². The molecule has 0 aliphatic carbocycles. The highest BCUT2D eigenvalue weighted by Crippen LogP contribution is 2.40. The Balaban J connectivity index is 1.73. The number of fused-ring (bicyclic) bond motifs is 2. The largest absolute Gasteiger partial charge is 0.444 e. The fourth-order valence-corrected chi connectivity index (χ4v) is 5.35. The highest BCUT2D eigenvalue weighted by Gasteiger charge is 2.27. The van der Waals surface area contributed by atoms with Gasteiger partial charge in [-0.15, -0.1) is 23.1 Å². The molecule has 7 heteroatoms. The molecule has 1 atom stereocenters. The Hall–Kier alpha value is -1.60. The molecule has 1 unspecified atom stereocenters. The molecule has 24 heavy (non-hydrogen) atoms. The first-order valence-corrected chi connectivity index (χ1v) is 9.31. The summed E-state index contributed by atoms with van der Waals surface area (Å²) in [4.78, 5) is 24.3. The highest BCUT2D eigenvalue weighted by molar-refractivity contribution is 8.02. The molecular weight excluding hydrogens is 349 g/mol. The molecule has 1 aromatic heterocycles. The Labute approximate surface area is 147 Å². The van der Waals surface area contributed by atoms with Crippen LogP contribution in [0.25, 0.3) is 10.1 Å². The summed E-state index contributed by atoms with van der Waals surface area (Å²) in [5, 5.41) is 3.39. The summed E-state index contributed by atoms with van der Waals surface area (Å²) >= 11 is 2.99. The number of halogens is 1. The number of nitrogens with one attached hydrogen (secondary N) is 1. The van der Waals surface area contributed by atoms with Gasteiger partial charge in [0.05, 0.1) is 4.21 Å². The van der Waals surface area contributed by atoms with E-state index in [9.17, 15) is 14.0 Å². The lowest BCUT2D eigenvalue weighted by Crippen LogP contribution is -2.36. The molecule has 2 heterocycles. The number of amides is 1. The summed E-state index contributed by atoms with van der Waals surface area (Å²) in [6, 6.07) is 4.25. The van der Waals surface area contributed by atoms with Gasteiger partial charge in [0.1, 0.15) is 11.4 Å². The van der Waals surface area contributed by atoms with E-state index in [1.54, 1.807) is 17.8 Å². The number of alkyl carbamates (subject to hydrolysis) is 1. The number of hydrogen-bond acceptors (Lipinski definition) is 5. The third-order valence-corrected chi connectivity index (χ3v) is 6.15. The number of rotatable bonds is 2. The molecule has 128 valence electrons. The zero-order valence-corrected chi connectivity index (χ0v) is 15.3. The Morgan fingerprint density at radius 1 is 1.42 bits per heavy atom. The van der Waals surface area contributed by atoms with Crippen molar-refractivity contribution in [1.82, 2.24) is 5.32 Å². The molecule has 4 nitrogen and oxygen atoms in total. The fourth-order valence-electron chi connectivity index (χ4n) is 2.50. The van der Waals surface area contributed by atoms with Crippen molar-refractivity contribution >= 4 is 39.3 Å². The third-order valence-electron chi connectivity index (χ3n) is 3.49. The van der Waals surface area contributed by atoms with Crippen molar-refractivity contribution in [2.24, 2.45) is 0 Å². The fraction of sp³-hybridized carbons (Fsp3) is 0.412. The maximum Gasteiger partial charge on any atom is 0.407 e. The maximum atomic E-state index is 13.4. The van der Waals surface area contributed by atoms with Gasteiger partial charge in [0, 0.05) is 27.4 Å². The van der Waals surface area contributed by atoms with Crippen LogP contribution in [0.4, 0.5) is 9.18 Å². The van der Waals surface area contributed by atoms with Gasteiger partial charge in [0.2, 0.25) is 0 Å². The quantitative estimate of drug-likeness (QED) is 0.873. The molecule has 0 bridgehead atoms. The predicted molar refractivity (Wildman–Crippen MR) is 95.6 cm³/mol. The van der Waals surface area contributed by atoms with Gasteiger partial charge < -0.3 is 10.1 Å². The van der Waals surface area contributed by atoms with Crippen LogP contribution in [0.1, 0.15) is 26.3 Å². The van der Waals surface area contributed by atoms with E-state index in [1.165, 1.54) is 23.5 Å². The van der Waals surface area contributed by atoms with Crippen molar-refractivity contribution in [1.29, 1.82) is 0 Å². The Bertz CT molecular complexity index is 857. The second-order valence-electron chi connectivity index (χ2n) is 6.66. The Morgan fingerprint density at radius 2 is 2.17 bits per heavy atom. The minimum Gasteiger partial charge on any atom is -0.444 e. The average molecular weight is 367 g/mol. The predicted octanol–water partition coefficient (Wildman–Crippen LogP) is 3.94. The second kappa shape index (κ2) is 6.37. The smallest absolute Gasteiger partial charge is 0.407 e. The number of hydrogen-bond donors (Lipinski definition) is 1. The first-order valence-electron chi connectivity index (χ1n) is 7.62. The van der Waals surface area contributed by atoms with Gasteiger partial charge in [-0.25, -0.2) is 9.18 Å². The van der Waals surface area contributed by atoms with Gasteiger partial charge >= 0.3 is 6.09 Å². The molecule has 1 aromatic carbocycles. The molecule has 0 saturated carbocycles. The van der Waals surface area contributed by atoms with Crippen molar-refractivity contribution < 1.29 is 13.9 Å². The molecule has 0 radical (unpaired) electrons. The summed E-state index contributed by atoms with van der Waals surface area (Å²) in [6.07, 6.45) is 0.135. The van der Waals surface area contributed by atoms with Crippen LogP contribution in [-0.4, -0.2) is 23.5 Å². The van der Waals surface area contributed by atoms with Gasteiger partial charge in [-0.05, 0) is 45.4 Å². The molecule has 1 N–H and O–H groups in total. The lowest BCUT2D eigenvalue weighted by molar-refractivity contribution is 0.0528. The molecule has 2 aromatic rings. The van der Waals surface area contributed by atoms with E-state index < -0.39 is 11.7 Å². The topological polar surface area (TPSA) is 55.4 Å². The van der Waals surface area contributed by atoms with Crippen LogP contribution in [0.2, 0.25) is 0 Å². The van der Waals surface area contributed by atoms with Crippen LogP contribution in [-0.2, 0) is 11.2 Å². The standard InChI is InChI=1S/C17H18FNO3S2/c1-17(2,3)22-16(21)19-8-10-7-12-14(20)11-5-4-9(18)6-13(11)24-15(12)23-10/h4-6,10H,7-8H2,1-3H3,(H,19,21). The number of carbonyl (C=O) groups is 1. The van der Waals surface area contributed by atoms with E-state index in [2.05, 4.69) is 5.32 Å². The molecule has 1 aliphatic heterocycles. The van der Waals surface area contributed by atoms with Crippen LogP contribution in [0.3, 0.4) is 0 Å². The van der Waals surface area contributed by atoms with Crippen molar-refractivity contribution in [3.05, 3.63) is 39.8 Å². The minimum atomic E-state index is -0.540. The highest BCUT2D eigenvalue weighted by atomic mass is 32.2. The first kappa shape index (κ1) is 17.2. The summed E-state index contributed by atoms with van der Waals surface area (Å²) in [5.74, 6) is -0.343. The molecule has 1 aliphatic rings. The van der Waals surface area contributed by atoms with E-state index >= 15 is 0 Å². The van der Waals surface area contributed by atoms with Gasteiger partial charge in [0.25, 0.3) is 0 Å². The minimum absolute atomic E-state index is 0.0361. The van der Waals surface area contributed by atoms with E-state index in [1.807, 2.05) is 20.8 Å². The number of ether oxygens (including phenoxy) is 1. The lowest BCUT2D eigenvalue weighted by atomic mass is 10.1. The van der Waals surface area contributed by atoms with Crippen LogP contribution < -0.4 is 10.7 Å². The zero-order chi connectivity index (χ0) is 17.5. The monoisotopic (exact) mass is 367 g/mol. The van der Waals surface area contributed by atoms with Crippen molar-refractivity contribution in [3.8, 4) is 0 Å². The van der Waals surface area contributed by atoms with E-state index in [0.717, 1.165) is 9.77 Å². The Morgan fingerprint density at radius 3 is 2.88 bits per heavy atom. The maximum absolute atomic E-state index is 13.4. The second-order valence-corrected chi connectivity index (χ2v) is 9.29. The Kier molecular flexibility index (Phi) is 4.57. The van der Waals surface area contributed by atoms with Crippen molar-refractivity contribution in [2.45, 2.75) is 42.3 Å². The normalized spacial score (nSPS) is 16.9. The summed E-state index contributed by atoms with van der Waals surface area (Å²) < 4.78 is 20.2. The van der Waals surface area contributed by atoms with E-state index in [4.69, 9.17) is 4.74 Å². The first-order chi connectivity index (χ1) is 11.2.